The van der Waals surface area contributed by atoms with Gasteiger partial charge in [0.15, 0.2) is 0 Å². The van der Waals surface area contributed by atoms with Crippen LogP contribution in [0.25, 0.3) is 0 Å². The maximum absolute atomic E-state index is 4.78. The normalized spacial score (nSPS) is 10.2. The topological polar surface area (TPSA) is 31.7 Å². The Bertz CT molecular complexity index is 414. The average molecular weight is 276 g/mol. The second-order valence-corrected chi connectivity index (χ2v) is 5.52. The number of aliphatic imine (C=N–C) groups is 1. The van der Waals surface area contributed by atoms with Gasteiger partial charge in [-0.15, -0.1) is 0 Å². The summed E-state index contributed by atoms with van der Waals surface area (Å²) in [5, 5.41) is 0. The van der Waals surface area contributed by atoms with E-state index in [4.69, 9.17) is 4.99 Å². The molecule has 0 aromatic carbocycles. The van der Waals surface area contributed by atoms with Crippen LogP contribution in [0.3, 0.4) is 0 Å². The number of aromatic nitrogens is 1. The van der Waals surface area contributed by atoms with Crippen LogP contribution in [0, 0.1) is 0 Å². The lowest BCUT2D eigenvalue weighted by Crippen LogP contribution is -2.35. The summed E-state index contributed by atoms with van der Waals surface area (Å²) in [6.07, 6.45) is 9.89. The highest BCUT2D eigenvalue weighted by Crippen LogP contribution is 2.21. The van der Waals surface area contributed by atoms with Gasteiger partial charge in [-0.25, -0.2) is 4.99 Å². The van der Waals surface area contributed by atoms with E-state index in [0.29, 0.717) is 0 Å². The molecule has 0 bridgehead atoms. The third-order valence-electron chi connectivity index (χ3n) is 3.20. The molecule has 0 unspecified atom stereocenters. The molecule has 4 nitrogen and oxygen atoms in total. The lowest BCUT2D eigenvalue weighted by Gasteiger charge is -2.23. The molecule has 0 N–H and O–H groups in total. The molecule has 20 heavy (non-hydrogen) atoms. The summed E-state index contributed by atoms with van der Waals surface area (Å²) in [5.74, 6) is 0.950. The molecule has 4 heteroatoms. The molecule has 0 aliphatic rings. The molecular formula is C16H28N4. The van der Waals surface area contributed by atoms with Gasteiger partial charge >= 0.3 is 0 Å². The molecule has 0 fully saturated rings. The summed E-state index contributed by atoms with van der Waals surface area (Å²) in [7, 11) is 8.06. The van der Waals surface area contributed by atoms with Crippen LogP contribution in [0.2, 0.25) is 0 Å². The first-order valence-corrected chi connectivity index (χ1v) is 7.42. The molecule has 0 radical (unpaired) electrons. The number of pyridine rings is 1. The molecule has 0 aliphatic heterocycles. The molecule has 112 valence electrons. The van der Waals surface area contributed by atoms with Crippen LogP contribution in [0.1, 0.15) is 38.2 Å². The Morgan fingerprint density at radius 1 is 1.10 bits per heavy atom. The number of nitrogens with zero attached hydrogens (tertiary/aromatic N) is 4. The van der Waals surface area contributed by atoms with E-state index >= 15 is 0 Å². The monoisotopic (exact) mass is 276 g/mol. The van der Waals surface area contributed by atoms with E-state index in [1.165, 1.54) is 31.2 Å². The van der Waals surface area contributed by atoms with E-state index in [0.717, 1.165) is 18.1 Å². The van der Waals surface area contributed by atoms with Gasteiger partial charge in [0, 0.05) is 40.6 Å². The predicted molar refractivity (Wildman–Crippen MR) is 86.6 cm³/mol. The van der Waals surface area contributed by atoms with Gasteiger partial charge < -0.3 is 9.80 Å². The van der Waals surface area contributed by atoms with E-state index < -0.39 is 0 Å². The number of hydrogen-bond acceptors (Lipinski definition) is 2. The molecule has 0 saturated heterocycles. The summed E-state index contributed by atoms with van der Waals surface area (Å²) in [6, 6.07) is 2.00. The maximum Gasteiger partial charge on any atom is 0.200 e. The van der Waals surface area contributed by atoms with Crippen molar-refractivity contribution in [3.63, 3.8) is 0 Å². The molecule has 0 spiro atoms. The van der Waals surface area contributed by atoms with Crippen molar-refractivity contribution < 1.29 is 0 Å². The third-order valence-corrected chi connectivity index (χ3v) is 3.20. The minimum atomic E-state index is 0.950. The fraction of sp³-hybridized carbons (Fsp3) is 0.625. The summed E-state index contributed by atoms with van der Waals surface area (Å²) >= 11 is 0. The Balaban J connectivity index is 2.86. The summed E-state index contributed by atoms with van der Waals surface area (Å²) < 4.78 is 0. The molecule has 0 saturated carbocycles. The van der Waals surface area contributed by atoms with E-state index in [9.17, 15) is 0 Å². The summed E-state index contributed by atoms with van der Waals surface area (Å²) in [6.45, 7) is 2.24. The van der Waals surface area contributed by atoms with Gasteiger partial charge in [-0.05, 0) is 24.5 Å². The van der Waals surface area contributed by atoms with E-state index in [1.807, 2.05) is 56.5 Å². The molecule has 1 heterocycles. The van der Waals surface area contributed by atoms with Gasteiger partial charge in [-0.2, -0.15) is 0 Å². The Kier molecular flexibility index (Phi) is 7.05. The van der Waals surface area contributed by atoms with Gasteiger partial charge in [0.1, 0.15) is 0 Å². The SMILES string of the molecule is CCCCCCc1cnccc1N=C(N(C)C)N(C)C. The summed E-state index contributed by atoms with van der Waals surface area (Å²) in [4.78, 5) is 13.1. The number of unbranched alkanes of at least 4 members (excludes halogenated alkanes) is 3. The van der Waals surface area contributed by atoms with Gasteiger partial charge in [0.05, 0.1) is 5.69 Å². The second-order valence-electron chi connectivity index (χ2n) is 5.52. The van der Waals surface area contributed by atoms with Crippen molar-refractivity contribution in [3.05, 3.63) is 24.0 Å². The second kappa shape index (κ2) is 8.56. The fourth-order valence-electron chi connectivity index (χ4n) is 2.17. The highest BCUT2D eigenvalue weighted by molar-refractivity contribution is 5.82. The first-order valence-electron chi connectivity index (χ1n) is 7.42. The first-order chi connectivity index (χ1) is 9.56. The summed E-state index contributed by atoms with van der Waals surface area (Å²) in [5.41, 5.74) is 2.28. The van der Waals surface area contributed by atoms with Crippen LogP contribution in [-0.2, 0) is 6.42 Å². The molecule has 1 rings (SSSR count). The number of guanidine groups is 1. The zero-order valence-electron chi connectivity index (χ0n) is 13.6. The van der Waals surface area contributed by atoms with Gasteiger partial charge in [0.2, 0.25) is 5.96 Å². The third kappa shape index (κ3) is 5.19. The van der Waals surface area contributed by atoms with Crippen molar-refractivity contribution in [1.82, 2.24) is 14.8 Å². The van der Waals surface area contributed by atoms with Gasteiger partial charge in [-0.1, -0.05) is 26.2 Å². The quantitative estimate of drug-likeness (QED) is 0.454. The van der Waals surface area contributed by atoms with Crippen molar-refractivity contribution in [2.24, 2.45) is 4.99 Å². The zero-order chi connectivity index (χ0) is 15.0. The maximum atomic E-state index is 4.78. The smallest absolute Gasteiger partial charge is 0.200 e. The van der Waals surface area contributed by atoms with Crippen molar-refractivity contribution >= 4 is 11.6 Å². The highest BCUT2D eigenvalue weighted by atomic mass is 15.3. The van der Waals surface area contributed by atoms with Crippen molar-refractivity contribution in [1.29, 1.82) is 0 Å². The number of aryl methyl sites for hydroxylation is 1. The van der Waals surface area contributed by atoms with Crippen LogP contribution in [-0.4, -0.2) is 48.9 Å². The largest absolute Gasteiger partial charge is 0.349 e. The Morgan fingerprint density at radius 3 is 2.40 bits per heavy atom. The van der Waals surface area contributed by atoms with Gasteiger partial charge in [0.25, 0.3) is 0 Å². The van der Waals surface area contributed by atoms with Crippen LogP contribution >= 0.6 is 0 Å². The molecule has 1 aromatic heterocycles. The molecule has 0 amide bonds. The number of rotatable bonds is 6. The Morgan fingerprint density at radius 2 is 1.80 bits per heavy atom. The van der Waals surface area contributed by atoms with E-state index in [2.05, 4.69) is 11.9 Å². The predicted octanol–water partition coefficient (Wildman–Crippen LogP) is 3.32. The average Bonchev–Trinajstić information content (AvgIpc) is 2.41. The van der Waals surface area contributed by atoms with E-state index in [-0.39, 0.29) is 0 Å². The Hall–Kier alpha value is -1.58. The van der Waals surface area contributed by atoms with Crippen LogP contribution in [0.5, 0.6) is 0 Å². The van der Waals surface area contributed by atoms with Crippen molar-refractivity contribution in [2.45, 2.75) is 39.0 Å². The number of hydrogen-bond donors (Lipinski definition) is 0. The highest BCUT2D eigenvalue weighted by Gasteiger charge is 2.07. The lowest BCUT2D eigenvalue weighted by atomic mass is 10.1. The molecule has 0 atom stereocenters. The van der Waals surface area contributed by atoms with Crippen molar-refractivity contribution in [2.75, 3.05) is 28.2 Å². The molecular weight excluding hydrogens is 248 g/mol. The molecule has 0 aliphatic carbocycles. The fourth-order valence-corrected chi connectivity index (χ4v) is 2.17. The van der Waals surface area contributed by atoms with Crippen LogP contribution in [0.15, 0.2) is 23.5 Å². The standard InChI is InChI=1S/C16H28N4/c1-6-7-8-9-10-14-13-17-12-11-15(14)18-16(19(2)3)20(4)5/h11-13H,6-10H2,1-5H3. The minimum absolute atomic E-state index is 0.950. The minimum Gasteiger partial charge on any atom is -0.349 e. The first kappa shape index (κ1) is 16.5. The van der Waals surface area contributed by atoms with Crippen LogP contribution < -0.4 is 0 Å². The van der Waals surface area contributed by atoms with Crippen LogP contribution in [0.4, 0.5) is 5.69 Å². The van der Waals surface area contributed by atoms with E-state index in [1.54, 1.807) is 0 Å². The lowest BCUT2D eigenvalue weighted by molar-refractivity contribution is 0.484. The zero-order valence-corrected chi connectivity index (χ0v) is 13.6. The molecule has 1 aromatic rings. The van der Waals surface area contributed by atoms with Crippen molar-refractivity contribution in [3.8, 4) is 0 Å². The van der Waals surface area contributed by atoms with Gasteiger partial charge in [-0.3, -0.25) is 4.98 Å². The Labute approximate surface area is 123 Å².